The number of hydrogen-bond donors (Lipinski definition) is 1. The van der Waals surface area contributed by atoms with E-state index in [1.54, 1.807) is 18.2 Å². The van der Waals surface area contributed by atoms with Crippen LogP contribution in [0.3, 0.4) is 0 Å². The number of benzene rings is 2. The minimum absolute atomic E-state index is 0.0568. The molecule has 1 heterocycles. The summed E-state index contributed by atoms with van der Waals surface area (Å²) in [5.41, 5.74) is 6.78. The van der Waals surface area contributed by atoms with E-state index in [4.69, 9.17) is 5.73 Å². The molecule has 3 aromatic rings. The highest BCUT2D eigenvalue weighted by Crippen LogP contribution is 2.33. The maximum Gasteiger partial charge on any atom is 0.195 e. The molecule has 0 spiro atoms. The molecular formula is C13H7F3N2S. The summed E-state index contributed by atoms with van der Waals surface area (Å²) in [6.45, 7) is 0. The van der Waals surface area contributed by atoms with E-state index < -0.39 is 17.5 Å². The van der Waals surface area contributed by atoms with Crippen LogP contribution >= 0.6 is 11.3 Å². The van der Waals surface area contributed by atoms with Gasteiger partial charge in [-0.25, -0.2) is 18.2 Å². The number of rotatable bonds is 1. The smallest absolute Gasteiger partial charge is 0.195 e. The fourth-order valence-corrected chi connectivity index (χ4v) is 2.78. The van der Waals surface area contributed by atoms with E-state index in [9.17, 15) is 13.2 Å². The maximum absolute atomic E-state index is 13.7. The molecule has 0 aliphatic rings. The van der Waals surface area contributed by atoms with Crippen molar-refractivity contribution in [1.82, 2.24) is 4.98 Å². The van der Waals surface area contributed by atoms with Crippen molar-refractivity contribution >= 4 is 27.2 Å². The van der Waals surface area contributed by atoms with Gasteiger partial charge < -0.3 is 5.73 Å². The van der Waals surface area contributed by atoms with Gasteiger partial charge in [0, 0.05) is 11.3 Å². The highest BCUT2D eigenvalue weighted by Gasteiger charge is 2.17. The van der Waals surface area contributed by atoms with Gasteiger partial charge in [0.1, 0.15) is 5.01 Å². The lowest BCUT2D eigenvalue weighted by atomic mass is 10.2. The molecule has 2 N–H and O–H groups in total. The van der Waals surface area contributed by atoms with Crippen molar-refractivity contribution < 1.29 is 13.2 Å². The van der Waals surface area contributed by atoms with Gasteiger partial charge in [-0.1, -0.05) is 0 Å². The molecule has 2 nitrogen and oxygen atoms in total. The van der Waals surface area contributed by atoms with Crippen LogP contribution in [0.1, 0.15) is 0 Å². The van der Waals surface area contributed by atoms with Crippen molar-refractivity contribution in [2.24, 2.45) is 0 Å². The molecule has 0 unspecified atom stereocenters. The van der Waals surface area contributed by atoms with Crippen molar-refractivity contribution in [2.45, 2.75) is 0 Å². The van der Waals surface area contributed by atoms with Crippen LogP contribution in [-0.2, 0) is 0 Å². The van der Waals surface area contributed by atoms with E-state index in [0.717, 1.165) is 10.8 Å². The van der Waals surface area contributed by atoms with Crippen molar-refractivity contribution in [3.8, 4) is 10.6 Å². The Balaban J connectivity index is 2.22. The fourth-order valence-electron chi connectivity index (χ4n) is 1.75. The first kappa shape index (κ1) is 12.0. The molecule has 96 valence electrons. The third-order valence-corrected chi connectivity index (χ3v) is 3.73. The van der Waals surface area contributed by atoms with Gasteiger partial charge in [-0.3, -0.25) is 0 Å². The quantitative estimate of drug-likeness (QED) is 0.541. The Hall–Kier alpha value is -2.08. The number of thiazole rings is 1. The zero-order chi connectivity index (χ0) is 13.6. The van der Waals surface area contributed by atoms with Gasteiger partial charge in [-0.05, 0) is 30.3 Å². The lowest BCUT2D eigenvalue weighted by Gasteiger charge is -2.00. The van der Waals surface area contributed by atoms with E-state index in [1.807, 2.05) is 0 Å². The van der Waals surface area contributed by atoms with Crippen molar-refractivity contribution in [3.05, 3.63) is 47.8 Å². The number of halogens is 3. The van der Waals surface area contributed by atoms with Crippen molar-refractivity contribution in [3.63, 3.8) is 0 Å². The van der Waals surface area contributed by atoms with E-state index >= 15 is 0 Å². The summed E-state index contributed by atoms with van der Waals surface area (Å²) in [6, 6.07) is 7.13. The number of nitrogens with zero attached hydrogens (tertiary/aromatic N) is 1. The molecule has 2 aromatic carbocycles. The number of anilines is 1. The first-order valence-electron chi connectivity index (χ1n) is 5.36. The predicted molar refractivity (Wildman–Crippen MR) is 69.3 cm³/mol. The number of nitrogens with two attached hydrogens (primary N) is 1. The van der Waals surface area contributed by atoms with Crippen molar-refractivity contribution in [1.29, 1.82) is 0 Å². The summed E-state index contributed by atoms with van der Waals surface area (Å²) < 4.78 is 40.5. The van der Waals surface area contributed by atoms with E-state index in [-0.39, 0.29) is 10.6 Å². The van der Waals surface area contributed by atoms with Gasteiger partial charge in [-0.2, -0.15) is 0 Å². The van der Waals surface area contributed by atoms with Crippen LogP contribution in [0.15, 0.2) is 30.3 Å². The Kier molecular flexibility index (Phi) is 2.67. The highest BCUT2D eigenvalue weighted by molar-refractivity contribution is 7.21. The number of hydrogen-bond acceptors (Lipinski definition) is 3. The topological polar surface area (TPSA) is 38.9 Å². The number of fused-ring (bicyclic) bond motifs is 1. The molecule has 0 atom stereocenters. The second-order valence-electron chi connectivity index (χ2n) is 3.97. The molecule has 1 aromatic heterocycles. The summed E-state index contributed by atoms with van der Waals surface area (Å²) >= 11 is 1.17. The second kappa shape index (κ2) is 4.24. The third kappa shape index (κ3) is 1.94. The van der Waals surface area contributed by atoms with Crippen LogP contribution in [-0.4, -0.2) is 4.98 Å². The molecule has 0 fully saturated rings. The molecule has 6 heteroatoms. The fraction of sp³-hybridized carbons (Fsp3) is 0. The second-order valence-corrected chi connectivity index (χ2v) is 5.00. The lowest BCUT2D eigenvalue weighted by molar-refractivity contribution is 0.449. The molecule has 0 aliphatic heterocycles. The number of aromatic nitrogens is 1. The molecule has 19 heavy (non-hydrogen) atoms. The molecule has 0 aliphatic carbocycles. The van der Waals surface area contributed by atoms with Gasteiger partial charge in [0.15, 0.2) is 17.5 Å². The van der Waals surface area contributed by atoms with Crippen LogP contribution < -0.4 is 5.73 Å². The monoisotopic (exact) mass is 280 g/mol. The van der Waals surface area contributed by atoms with Crippen LogP contribution in [0.4, 0.5) is 18.9 Å². The van der Waals surface area contributed by atoms with E-state index in [0.29, 0.717) is 11.2 Å². The average Bonchev–Trinajstić information content (AvgIpc) is 2.78. The molecule has 0 saturated carbocycles. The predicted octanol–water partition coefficient (Wildman–Crippen LogP) is 3.96. The normalized spacial score (nSPS) is 11.1. The van der Waals surface area contributed by atoms with Gasteiger partial charge in [0.2, 0.25) is 0 Å². The first-order valence-corrected chi connectivity index (χ1v) is 6.18. The van der Waals surface area contributed by atoms with E-state index in [1.165, 1.54) is 17.4 Å². The Morgan fingerprint density at radius 2 is 1.79 bits per heavy atom. The molecule has 0 bridgehead atoms. The molecule has 0 saturated heterocycles. The van der Waals surface area contributed by atoms with Gasteiger partial charge in [0.05, 0.1) is 10.2 Å². The van der Waals surface area contributed by atoms with Crippen molar-refractivity contribution in [2.75, 3.05) is 5.73 Å². The summed E-state index contributed by atoms with van der Waals surface area (Å²) in [4.78, 5) is 4.19. The summed E-state index contributed by atoms with van der Waals surface area (Å²) in [5, 5.41) is 0.289. The average molecular weight is 280 g/mol. The molecular weight excluding hydrogens is 273 g/mol. The standard InChI is InChI=1S/C13H7F3N2S/c14-8-3-2-7(11(15)12(8)16)13-18-9-4-1-6(17)5-10(9)19-13/h1-5H,17H2. The zero-order valence-electron chi connectivity index (χ0n) is 9.45. The molecule has 0 radical (unpaired) electrons. The Bertz CT molecular complexity index is 783. The highest BCUT2D eigenvalue weighted by atomic mass is 32.1. The van der Waals surface area contributed by atoms with Crippen LogP contribution in [0.5, 0.6) is 0 Å². The molecule has 0 amide bonds. The lowest BCUT2D eigenvalue weighted by Crippen LogP contribution is -1.93. The Morgan fingerprint density at radius 1 is 1.00 bits per heavy atom. The van der Waals surface area contributed by atoms with Gasteiger partial charge in [0.25, 0.3) is 0 Å². The Labute approximate surface area is 110 Å². The van der Waals surface area contributed by atoms with E-state index in [2.05, 4.69) is 4.98 Å². The van der Waals surface area contributed by atoms with Crippen LogP contribution in [0.25, 0.3) is 20.8 Å². The van der Waals surface area contributed by atoms with Crippen LogP contribution in [0, 0.1) is 17.5 Å². The Morgan fingerprint density at radius 3 is 2.58 bits per heavy atom. The first-order chi connectivity index (χ1) is 9.06. The zero-order valence-corrected chi connectivity index (χ0v) is 10.3. The molecule has 3 rings (SSSR count). The SMILES string of the molecule is Nc1ccc2nc(-c3ccc(F)c(F)c3F)sc2c1. The minimum atomic E-state index is -1.49. The van der Waals surface area contributed by atoms with Gasteiger partial charge >= 0.3 is 0 Å². The summed E-state index contributed by atoms with van der Waals surface area (Å²) in [6.07, 6.45) is 0. The minimum Gasteiger partial charge on any atom is -0.399 e. The maximum atomic E-state index is 13.7. The van der Waals surface area contributed by atoms with Crippen LogP contribution in [0.2, 0.25) is 0 Å². The van der Waals surface area contributed by atoms with Gasteiger partial charge in [-0.15, -0.1) is 11.3 Å². The summed E-state index contributed by atoms with van der Waals surface area (Å²) in [7, 11) is 0. The third-order valence-electron chi connectivity index (χ3n) is 2.68. The largest absolute Gasteiger partial charge is 0.399 e. The number of nitrogen functional groups attached to an aromatic ring is 1. The summed E-state index contributed by atoms with van der Waals surface area (Å²) in [5.74, 6) is -3.94.